The summed E-state index contributed by atoms with van der Waals surface area (Å²) in [5, 5.41) is 5.40. The van der Waals surface area contributed by atoms with Crippen molar-refractivity contribution in [2.45, 2.75) is 76.6 Å². The Balaban J connectivity index is 2.10. The zero-order valence-electron chi connectivity index (χ0n) is 21.2. The normalized spacial score (nSPS) is 17.0. The third-order valence-corrected chi connectivity index (χ3v) is 5.57. The fraction of sp³-hybridized carbons (Fsp3) is 0.560. The van der Waals surface area contributed by atoms with Crippen LogP contribution in [-0.2, 0) is 25.5 Å². The molecule has 11 heteroatoms. The van der Waals surface area contributed by atoms with Crippen molar-refractivity contribution >= 4 is 30.2 Å². The van der Waals surface area contributed by atoms with Gasteiger partial charge in [0, 0.05) is 19.5 Å². The first-order valence-electron chi connectivity index (χ1n) is 12.1. The van der Waals surface area contributed by atoms with Crippen molar-refractivity contribution in [2.75, 3.05) is 13.1 Å². The first-order valence-corrected chi connectivity index (χ1v) is 12.1. The van der Waals surface area contributed by atoms with Gasteiger partial charge >= 0.3 is 6.09 Å². The summed E-state index contributed by atoms with van der Waals surface area (Å²) >= 11 is 0. The van der Waals surface area contributed by atoms with E-state index in [1.807, 2.05) is 30.3 Å². The Bertz CT molecular complexity index is 927. The molecule has 36 heavy (non-hydrogen) atoms. The van der Waals surface area contributed by atoms with Gasteiger partial charge in [0.15, 0.2) is 5.96 Å². The van der Waals surface area contributed by atoms with Crippen molar-refractivity contribution in [3.05, 3.63) is 35.9 Å². The molecule has 0 aliphatic carbocycles. The molecule has 2 rings (SSSR count). The van der Waals surface area contributed by atoms with Gasteiger partial charge < -0.3 is 36.5 Å². The quantitative estimate of drug-likeness (QED) is 0.150. The number of benzene rings is 1. The Morgan fingerprint density at radius 3 is 2.50 bits per heavy atom. The van der Waals surface area contributed by atoms with E-state index in [0.29, 0.717) is 45.1 Å². The number of hydrogen-bond donors (Lipinski definition) is 4. The van der Waals surface area contributed by atoms with Crippen LogP contribution in [0.2, 0.25) is 0 Å². The lowest BCUT2D eigenvalue weighted by Gasteiger charge is -2.30. The van der Waals surface area contributed by atoms with E-state index in [1.165, 1.54) is 4.90 Å². The van der Waals surface area contributed by atoms with E-state index >= 15 is 0 Å². The molecular weight excluding hydrogens is 464 g/mol. The number of nitrogens with two attached hydrogens (primary N) is 2. The highest BCUT2D eigenvalue weighted by atomic mass is 16.6. The summed E-state index contributed by atoms with van der Waals surface area (Å²) in [5.41, 5.74) is 10.7. The van der Waals surface area contributed by atoms with Crippen molar-refractivity contribution in [1.82, 2.24) is 15.5 Å². The number of carbonyl (C=O) groups is 4. The Hall–Kier alpha value is -3.63. The average Bonchev–Trinajstić information content (AvgIpc) is 3.29. The number of nitrogens with one attached hydrogen (secondary N) is 2. The van der Waals surface area contributed by atoms with Crippen LogP contribution in [0.15, 0.2) is 35.3 Å². The minimum atomic E-state index is -0.919. The van der Waals surface area contributed by atoms with Crippen LogP contribution in [0, 0.1) is 0 Å². The van der Waals surface area contributed by atoms with E-state index in [1.54, 1.807) is 20.8 Å². The summed E-state index contributed by atoms with van der Waals surface area (Å²) in [6.07, 6.45) is 2.16. The number of carbonyl (C=O) groups excluding carboxylic acids is 4. The molecule has 1 saturated heterocycles. The van der Waals surface area contributed by atoms with E-state index in [9.17, 15) is 19.2 Å². The van der Waals surface area contributed by atoms with Crippen molar-refractivity contribution in [3.63, 3.8) is 0 Å². The molecule has 1 heterocycles. The summed E-state index contributed by atoms with van der Waals surface area (Å²) in [6.45, 7) is 5.93. The first kappa shape index (κ1) is 28.6. The van der Waals surface area contributed by atoms with Crippen LogP contribution >= 0.6 is 0 Å². The summed E-state index contributed by atoms with van der Waals surface area (Å²) < 4.78 is 5.36. The van der Waals surface area contributed by atoms with Gasteiger partial charge in [-0.05, 0) is 52.0 Å². The van der Waals surface area contributed by atoms with E-state index < -0.39 is 35.7 Å². The molecular formula is C25H38N6O5. The van der Waals surface area contributed by atoms with Gasteiger partial charge in [-0.15, -0.1) is 0 Å². The van der Waals surface area contributed by atoms with Gasteiger partial charge in [-0.25, -0.2) is 4.79 Å². The lowest BCUT2D eigenvalue weighted by Crippen LogP contribution is -2.55. The second-order valence-electron chi connectivity index (χ2n) is 9.78. The number of guanidine groups is 1. The zero-order chi connectivity index (χ0) is 26.7. The van der Waals surface area contributed by atoms with Crippen molar-refractivity contribution < 1.29 is 23.9 Å². The molecule has 1 aliphatic rings. The SMILES string of the molecule is CC(C)(C)OC(=O)N[C@H](Cc1ccccc1)C(=O)N1CCCC1C(=O)NC(C=O)CCCN=C(N)N. The molecule has 1 aromatic carbocycles. The molecule has 0 saturated carbocycles. The van der Waals surface area contributed by atoms with Crippen molar-refractivity contribution in [1.29, 1.82) is 0 Å². The molecule has 0 radical (unpaired) electrons. The molecule has 3 atom stereocenters. The molecule has 0 bridgehead atoms. The molecule has 11 nitrogen and oxygen atoms in total. The molecule has 1 fully saturated rings. The molecule has 0 aromatic heterocycles. The largest absolute Gasteiger partial charge is 0.444 e. The second kappa shape index (κ2) is 13.5. The van der Waals surface area contributed by atoms with Gasteiger partial charge in [-0.3, -0.25) is 14.6 Å². The van der Waals surface area contributed by atoms with Gasteiger partial charge in [-0.1, -0.05) is 30.3 Å². The standard InChI is InChI=1S/C25H38N6O5/c1-25(2,3)36-24(35)30-19(15-17-9-5-4-6-10-17)22(34)31-14-8-12-20(31)21(33)29-18(16-32)11-7-13-28-23(26)27/h4-6,9-10,16,18-20H,7-8,11-15H2,1-3H3,(H,29,33)(H,30,35)(H4,26,27,28)/t18?,19-,20?/m1/s1. The van der Waals surface area contributed by atoms with Crippen molar-refractivity contribution in [3.8, 4) is 0 Å². The van der Waals surface area contributed by atoms with Crippen LogP contribution in [0.25, 0.3) is 0 Å². The van der Waals surface area contributed by atoms with Crippen LogP contribution in [0.3, 0.4) is 0 Å². The number of likely N-dealkylation sites (tertiary alicyclic amines) is 1. The summed E-state index contributed by atoms with van der Waals surface area (Å²) in [7, 11) is 0. The fourth-order valence-corrected chi connectivity index (χ4v) is 3.98. The molecule has 2 unspecified atom stereocenters. The van der Waals surface area contributed by atoms with E-state index in [4.69, 9.17) is 16.2 Å². The number of aliphatic imine (C=N–C) groups is 1. The van der Waals surface area contributed by atoms with Gasteiger partial charge in [-0.2, -0.15) is 0 Å². The molecule has 1 aromatic rings. The maximum Gasteiger partial charge on any atom is 0.408 e. The van der Waals surface area contributed by atoms with E-state index in [2.05, 4.69) is 15.6 Å². The summed E-state index contributed by atoms with van der Waals surface area (Å²) in [5.74, 6) is -0.819. The number of hydrogen-bond acceptors (Lipinski definition) is 6. The molecule has 0 spiro atoms. The molecule has 3 amide bonds. The monoisotopic (exact) mass is 502 g/mol. The zero-order valence-corrected chi connectivity index (χ0v) is 21.2. The number of rotatable bonds is 11. The third kappa shape index (κ3) is 9.55. The Kier molecular flexibility index (Phi) is 10.7. The van der Waals surface area contributed by atoms with E-state index in [-0.39, 0.29) is 18.3 Å². The third-order valence-electron chi connectivity index (χ3n) is 5.57. The van der Waals surface area contributed by atoms with Gasteiger partial charge in [0.1, 0.15) is 24.0 Å². The Morgan fingerprint density at radius 2 is 1.89 bits per heavy atom. The highest BCUT2D eigenvalue weighted by molar-refractivity contribution is 5.92. The Labute approximate surface area is 212 Å². The smallest absolute Gasteiger partial charge is 0.408 e. The van der Waals surface area contributed by atoms with Crippen LogP contribution < -0.4 is 22.1 Å². The summed E-state index contributed by atoms with van der Waals surface area (Å²) in [4.78, 5) is 55.9. The van der Waals surface area contributed by atoms with Crippen LogP contribution in [-0.4, -0.2) is 71.9 Å². The summed E-state index contributed by atoms with van der Waals surface area (Å²) in [6, 6.07) is 6.91. The van der Waals surface area contributed by atoms with Crippen LogP contribution in [0.5, 0.6) is 0 Å². The maximum atomic E-state index is 13.6. The van der Waals surface area contributed by atoms with Gasteiger partial charge in [0.05, 0.1) is 6.04 Å². The number of alkyl carbamates (subject to hydrolysis) is 1. The predicted molar refractivity (Wildman–Crippen MR) is 136 cm³/mol. The van der Waals surface area contributed by atoms with Gasteiger partial charge in [0.2, 0.25) is 11.8 Å². The van der Waals surface area contributed by atoms with Gasteiger partial charge in [0.25, 0.3) is 0 Å². The minimum absolute atomic E-state index is 0.0353. The number of nitrogens with zero attached hydrogens (tertiary/aromatic N) is 2. The fourth-order valence-electron chi connectivity index (χ4n) is 3.98. The number of ether oxygens (including phenoxy) is 1. The lowest BCUT2D eigenvalue weighted by atomic mass is 10.0. The van der Waals surface area contributed by atoms with E-state index in [0.717, 1.165) is 5.56 Å². The van der Waals surface area contributed by atoms with Crippen LogP contribution in [0.1, 0.15) is 52.0 Å². The lowest BCUT2D eigenvalue weighted by molar-refractivity contribution is -0.140. The highest BCUT2D eigenvalue weighted by Crippen LogP contribution is 2.20. The minimum Gasteiger partial charge on any atom is -0.444 e. The topological polar surface area (TPSA) is 169 Å². The average molecular weight is 503 g/mol. The number of aldehydes is 1. The molecule has 1 aliphatic heterocycles. The maximum absolute atomic E-state index is 13.6. The number of amides is 3. The van der Waals surface area contributed by atoms with Crippen molar-refractivity contribution in [2.24, 2.45) is 16.5 Å². The second-order valence-corrected chi connectivity index (χ2v) is 9.78. The Morgan fingerprint density at radius 1 is 1.19 bits per heavy atom. The molecule has 6 N–H and O–H groups in total. The molecule has 198 valence electrons. The first-order chi connectivity index (χ1) is 17.0. The van der Waals surface area contributed by atoms with Crippen LogP contribution in [0.4, 0.5) is 4.79 Å². The highest BCUT2D eigenvalue weighted by Gasteiger charge is 2.38. The predicted octanol–water partition coefficient (Wildman–Crippen LogP) is 0.851.